The number of rotatable bonds is 7. The molecule has 5 rings (SSSR count). The summed E-state index contributed by atoms with van der Waals surface area (Å²) in [5.74, 6) is -0.0730. The van der Waals surface area contributed by atoms with E-state index in [1.54, 1.807) is 57.2 Å². The summed E-state index contributed by atoms with van der Waals surface area (Å²) in [7, 11) is -4.14. The van der Waals surface area contributed by atoms with Crippen molar-refractivity contribution in [3.05, 3.63) is 53.6 Å². The summed E-state index contributed by atoms with van der Waals surface area (Å²) in [5, 5.41) is 14.0. The van der Waals surface area contributed by atoms with Gasteiger partial charge in [-0.3, -0.25) is 9.59 Å². The van der Waals surface area contributed by atoms with E-state index in [9.17, 15) is 23.1 Å². The monoisotopic (exact) mass is 525 g/mol. The van der Waals surface area contributed by atoms with Gasteiger partial charge in [0.2, 0.25) is 11.8 Å². The Morgan fingerprint density at radius 2 is 1.78 bits per heavy atom. The van der Waals surface area contributed by atoms with Crippen LogP contribution in [0, 0.1) is 17.3 Å². The minimum atomic E-state index is -4.14. The third kappa shape index (κ3) is 5.38. The number of carbonyl (C=O) groups excluding carboxylic acids is 2. The predicted octanol–water partition coefficient (Wildman–Crippen LogP) is 3.89. The van der Waals surface area contributed by atoms with E-state index in [2.05, 4.69) is 5.32 Å². The molecule has 1 atom stereocenters. The van der Waals surface area contributed by atoms with Crippen LogP contribution in [0.5, 0.6) is 0 Å². The topological polar surface area (TPSA) is 107 Å². The molecule has 37 heavy (non-hydrogen) atoms. The van der Waals surface area contributed by atoms with Gasteiger partial charge in [-0.25, -0.2) is 12.7 Å². The van der Waals surface area contributed by atoms with Gasteiger partial charge >= 0.3 is 0 Å². The summed E-state index contributed by atoms with van der Waals surface area (Å²) in [6.07, 6.45) is 2.83. The third-order valence-electron chi connectivity index (χ3n) is 7.31. The largest absolute Gasteiger partial charge is 0.372 e. The van der Waals surface area contributed by atoms with Crippen molar-refractivity contribution < 1.29 is 23.1 Å². The number of carbonyl (C=O) groups is 2. The number of aliphatic hydroxyl groups excluding tert-OH is 1. The van der Waals surface area contributed by atoms with Gasteiger partial charge in [0, 0.05) is 36.0 Å². The molecule has 198 valence electrons. The molecule has 0 bridgehead atoms. The minimum absolute atomic E-state index is 0.0794. The van der Waals surface area contributed by atoms with Gasteiger partial charge in [-0.2, -0.15) is 0 Å². The van der Waals surface area contributed by atoms with Gasteiger partial charge in [-0.05, 0) is 73.6 Å². The molecule has 2 fully saturated rings. The lowest BCUT2D eigenvalue weighted by molar-refractivity contribution is -0.133. The highest BCUT2D eigenvalue weighted by molar-refractivity contribution is 7.92. The Labute approximate surface area is 218 Å². The first-order valence-corrected chi connectivity index (χ1v) is 14.4. The lowest BCUT2D eigenvalue weighted by Crippen LogP contribution is -2.42. The van der Waals surface area contributed by atoms with Crippen LogP contribution in [0.3, 0.4) is 0 Å². The molecule has 2 aliphatic carbocycles. The van der Waals surface area contributed by atoms with Gasteiger partial charge < -0.3 is 15.3 Å². The number of nitrogens with one attached hydrogen (secondary N) is 1. The molecular weight excluding hydrogens is 490 g/mol. The first-order chi connectivity index (χ1) is 17.4. The van der Waals surface area contributed by atoms with E-state index in [0.29, 0.717) is 25.2 Å². The maximum Gasteiger partial charge on any atom is 0.266 e. The van der Waals surface area contributed by atoms with Crippen molar-refractivity contribution in [2.75, 3.05) is 16.2 Å². The fourth-order valence-corrected chi connectivity index (χ4v) is 6.25. The van der Waals surface area contributed by atoms with Crippen LogP contribution >= 0.6 is 0 Å². The molecule has 0 saturated heterocycles. The van der Waals surface area contributed by atoms with Crippen LogP contribution in [0.15, 0.2) is 47.4 Å². The zero-order valence-corrected chi connectivity index (χ0v) is 22.4. The maximum atomic E-state index is 14.0. The number of hydrogen-bond donors (Lipinski definition) is 2. The standard InChI is InChI=1S/C28H35N3O5S/c1-28(2,3)27(34)29-22-5-4-6-23(16-22)31(26(33)20-9-10-20)37(35,36)24-12-11-18-13-14-30(17-21(18)15-24)25(32)19-7-8-19/h4-6,11-12,15-16,19-20,26,33H,7-10,13-14,17H2,1-3H3,(H,29,34). The molecule has 3 aliphatic rings. The third-order valence-corrected chi connectivity index (χ3v) is 9.10. The molecule has 2 aromatic rings. The van der Waals surface area contributed by atoms with E-state index in [0.717, 1.165) is 41.1 Å². The number of nitrogens with zero attached hydrogens (tertiary/aromatic N) is 2. The Morgan fingerprint density at radius 3 is 2.43 bits per heavy atom. The highest BCUT2D eigenvalue weighted by Gasteiger charge is 2.41. The van der Waals surface area contributed by atoms with E-state index >= 15 is 0 Å². The van der Waals surface area contributed by atoms with Crippen LogP contribution in [-0.4, -0.2) is 43.0 Å². The number of anilines is 2. The van der Waals surface area contributed by atoms with Crippen molar-refractivity contribution in [3.63, 3.8) is 0 Å². The second kappa shape index (κ2) is 9.44. The van der Waals surface area contributed by atoms with Gasteiger partial charge in [0.1, 0.15) is 6.23 Å². The van der Waals surface area contributed by atoms with Crippen molar-refractivity contribution in [2.45, 2.75) is 70.5 Å². The number of aliphatic hydroxyl groups is 1. The summed E-state index contributed by atoms with van der Waals surface area (Å²) in [4.78, 5) is 27.1. The van der Waals surface area contributed by atoms with E-state index < -0.39 is 21.7 Å². The van der Waals surface area contributed by atoms with Gasteiger partial charge in [-0.15, -0.1) is 0 Å². The van der Waals surface area contributed by atoms with Crippen LogP contribution in [0.4, 0.5) is 11.4 Å². The van der Waals surface area contributed by atoms with Crippen LogP contribution in [0.25, 0.3) is 0 Å². The first kappa shape index (κ1) is 25.7. The Kier molecular flexibility index (Phi) is 6.56. The van der Waals surface area contributed by atoms with Gasteiger partial charge in [0.05, 0.1) is 10.6 Å². The highest BCUT2D eigenvalue weighted by Crippen LogP contribution is 2.40. The smallest absolute Gasteiger partial charge is 0.266 e. The van der Waals surface area contributed by atoms with Crippen molar-refractivity contribution in [1.29, 1.82) is 0 Å². The Morgan fingerprint density at radius 1 is 1.05 bits per heavy atom. The summed E-state index contributed by atoms with van der Waals surface area (Å²) in [6, 6.07) is 11.6. The first-order valence-electron chi connectivity index (χ1n) is 13.0. The van der Waals surface area contributed by atoms with E-state index in [1.165, 1.54) is 0 Å². The van der Waals surface area contributed by atoms with Gasteiger partial charge in [-0.1, -0.05) is 32.9 Å². The van der Waals surface area contributed by atoms with Crippen LogP contribution in [-0.2, 0) is 32.6 Å². The Hall–Kier alpha value is -2.91. The molecule has 2 N–H and O–H groups in total. The van der Waals surface area contributed by atoms with Crippen LogP contribution in [0.1, 0.15) is 57.6 Å². The second-order valence-corrected chi connectivity index (χ2v) is 13.3. The highest BCUT2D eigenvalue weighted by atomic mass is 32.2. The van der Waals surface area contributed by atoms with Crippen molar-refractivity contribution >= 4 is 33.2 Å². The molecule has 1 heterocycles. The fourth-order valence-electron chi connectivity index (χ4n) is 4.64. The van der Waals surface area contributed by atoms with Crippen molar-refractivity contribution in [3.8, 4) is 0 Å². The molecule has 0 aromatic heterocycles. The van der Waals surface area contributed by atoms with Crippen molar-refractivity contribution in [1.82, 2.24) is 4.90 Å². The maximum absolute atomic E-state index is 14.0. The molecule has 0 radical (unpaired) electrons. The van der Waals surface area contributed by atoms with E-state index in [1.807, 2.05) is 11.0 Å². The molecule has 2 aromatic carbocycles. The summed E-state index contributed by atoms with van der Waals surface area (Å²) in [5.41, 5.74) is 2.00. The molecule has 2 amide bonds. The second-order valence-electron chi connectivity index (χ2n) is 11.5. The quantitative estimate of drug-likeness (QED) is 0.534. The predicted molar refractivity (Wildman–Crippen MR) is 141 cm³/mol. The number of amides is 2. The molecule has 1 unspecified atom stereocenters. The lowest BCUT2D eigenvalue weighted by atomic mass is 9.95. The average Bonchev–Trinajstić information content (AvgIpc) is 3.76. The minimum Gasteiger partial charge on any atom is -0.372 e. The molecule has 0 spiro atoms. The number of fused-ring (bicyclic) bond motifs is 1. The fraction of sp³-hybridized carbons (Fsp3) is 0.500. The normalized spacial score (nSPS) is 18.6. The zero-order valence-electron chi connectivity index (χ0n) is 21.6. The number of sulfonamides is 1. The summed E-state index contributed by atoms with van der Waals surface area (Å²) >= 11 is 0. The zero-order chi connectivity index (χ0) is 26.5. The van der Waals surface area contributed by atoms with Gasteiger partial charge in [0.25, 0.3) is 10.0 Å². The molecular formula is C28H35N3O5S. The van der Waals surface area contributed by atoms with Crippen molar-refractivity contribution in [2.24, 2.45) is 17.3 Å². The number of hydrogen-bond acceptors (Lipinski definition) is 5. The molecule has 1 aliphatic heterocycles. The van der Waals surface area contributed by atoms with E-state index in [-0.39, 0.29) is 34.2 Å². The Bertz CT molecular complexity index is 1330. The lowest BCUT2D eigenvalue weighted by Gasteiger charge is -2.32. The van der Waals surface area contributed by atoms with Crippen LogP contribution in [0.2, 0.25) is 0 Å². The summed E-state index contributed by atoms with van der Waals surface area (Å²) in [6.45, 7) is 6.45. The molecule has 2 saturated carbocycles. The average molecular weight is 526 g/mol. The molecule has 8 nitrogen and oxygen atoms in total. The molecule has 9 heteroatoms. The van der Waals surface area contributed by atoms with Gasteiger partial charge in [0.15, 0.2) is 0 Å². The van der Waals surface area contributed by atoms with E-state index in [4.69, 9.17) is 0 Å². The summed E-state index contributed by atoms with van der Waals surface area (Å²) < 4.78 is 29.1. The Balaban J connectivity index is 1.47. The number of benzene rings is 2. The SMILES string of the molecule is CC(C)(C)C(=O)Nc1cccc(N(C(O)C2CC2)S(=O)(=O)c2ccc3c(c2)CN(C(=O)C2CC2)CC3)c1. The van der Waals surface area contributed by atoms with Crippen LogP contribution < -0.4 is 9.62 Å².